The summed E-state index contributed by atoms with van der Waals surface area (Å²) in [5, 5.41) is 7.17. The number of benzene rings is 1. The molecule has 4 rings (SSSR count). The van der Waals surface area contributed by atoms with Crippen LogP contribution in [0.1, 0.15) is 21.7 Å². The van der Waals surface area contributed by atoms with Gasteiger partial charge >= 0.3 is 0 Å². The van der Waals surface area contributed by atoms with Crippen LogP contribution in [0, 0.1) is 13.8 Å². The van der Waals surface area contributed by atoms with E-state index in [-0.39, 0.29) is 11.5 Å². The number of hydrogen-bond acceptors (Lipinski definition) is 5. The number of rotatable bonds is 3. The van der Waals surface area contributed by atoms with E-state index in [9.17, 15) is 9.59 Å². The Morgan fingerprint density at radius 3 is 2.85 bits per heavy atom. The van der Waals surface area contributed by atoms with Gasteiger partial charge in [0.1, 0.15) is 11.4 Å². The Hall–Kier alpha value is -3.81. The van der Waals surface area contributed by atoms with Crippen molar-refractivity contribution in [1.29, 1.82) is 0 Å². The number of amides is 1. The Labute approximate surface area is 153 Å². The molecule has 134 valence electrons. The summed E-state index contributed by atoms with van der Waals surface area (Å²) in [4.78, 5) is 35.8. The average molecular weight is 360 g/mol. The van der Waals surface area contributed by atoms with Crippen LogP contribution in [0.2, 0.25) is 0 Å². The molecule has 3 aromatic heterocycles. The molecular formula is C19H16N6O2. The first-order valence-corrected chi connectivity index (χ1v) is 8.31. The molecule has 0 saturated heterocycles. The second-order valence-corrected chi connectivity index (χ2v) is 6.12. The van der Waals surface area contributed by atoms with Crippen molar-refractivity contribution in [2.45, 2.75) is 13.8 Å². The molecule has 0 aliphatic carbocycles. The minimum Gasteiger partial charge on any atom is -0.322 e. The van der Waals surface area contributed by atoms with Crippen LogP contribution in [0.5, 0.6) is 0 Å². The number of fused-ring (bicyclic) bond motifs is 1. The Bertz CT molecular complexity index is 1220. The third-order valence-electron chi connectivity index (χ3n) is 4.06. The van der Waals surface area contributed by atoms with Gasteiger partial charge in [-0.05, 0) is 32.0 Å². The molecule has 1 aromatic carbocycles. The molecule has 0 saturated carbocycles. The van der Waals surface area contributed by atoms with Gasteiger partial charge < -0.3 is 10.3 Å². The third-order valence-corrected chi connectivity index (χ3v) is 4.06. The van der Waals surface area contributed by atoms with Gasteiger partial charge in [0, 0.05) is 35.4 Å². The number of H-pyrrole nitrogens is 1. The summed E-state index contributed by atoms with van der Waals surface area (Å²) in [6.45, 7) is 3.52. The Kier molecular flexibility index (Phi) is 4.00. The minimum atomic E-state index is -0.302. The number of aromatic amines is 1. The highest BCUT2D eigenvalue weighted by molar-refractivity contribution is 6.09. The fourth-order valence-corrected chi connectivity index (χ4v) is 2.92. The fourth-order valence-electron chi connectivity index (χ4n) is 2.92. The molecule has 1 amide bonds. The Morgan fingerprint density at radius 2 is 2.04 bits per heavy atom. The number of aryl methyl sites for hydroxylation is 2. The highest BCUT2D eigenvalue weighted by Crippen LogP contribution is 2.21. The van der Waals surface area contributed by atoms with E-state index in [1.54, 1.807) is 55.0 Å². The van der Waals surface area contributed by atoms with Gasteiger partial charge in [0.05, 0.1) is 5.69 Å². The number of hydrogen-bond donors (Lipinski definition) is 2. The zero-order chi connectivity index (χ0) is 19.0. The SMILES string of the molecule is Cc1cc(=O)[nH]c(-c2cccc(NC(=O)c3c(C)nn4cccnc34)c2)n1. The van der Waals surface area contributed by atoms with Crippen molar-refractivity contribution in [1.82, 2.24) is 24.6 Å². The molecule has 8 heteroatoms. The lowest BCUT2D eigenvalue weighted by Gasteiger charge is -2.07. The number of nitrogens with one attached hydrogen (secondary N) is 2. The number of aromatic nitrogens is 5. The average Bonchev–Trinajstić information content (AvgIpc) is 2.97. The predicted octanol–water partition coefficient (Wildman–Crippen LogP) is 2.35. The van der Waals surface area contributed by atoms with Crippen molar-refractivity contribution in [3.05, 3.63) is 76.1 Å². The zero-order valence-corrected chi connectivity index (χ0v) is 14.7. The highest BCUT2D eigenvalue weighted by atomic mass is 16.1. The Balaban J connectivity index is 1.68. The summed E-state index contributed by atoms with van der Waals surface area (Å²) in [5.41, 5.74) is 3.18. The van der Waals surface area contributed by atoms with E-state index < -0.39 is 0 Å². The predicted molar refractivity (Wildman–Crippen MR) is 101 cm³/mol. The molecule has 0 aliphatic rings. The molecule has 2 N–H and O–H groups in total. The molecule has 0 unspecified atom stereocenters. The first kappa shape index (κ1) is 16.6. The summed E-state index contributed by atoms with van der Waals surface area (Å²) in [7, 11) is 0. The quantitative estimate of drug-likeness (QED) is 0.583. The summed E-state index contributed by atoms with van der Waals surface area (Å²) in [6.07, 6.45) is 3.36. The van der Waals surface area contributed by atoms with E-state index >= 15 is 0 Å². The van der Waals surface area contributed by atoms with E-state index in [0.717, 1.165) is 0 Å². The maximum Gasteiger partial charge on any atom is 0.261 e. The van der Waals surface area contributed by atoms with Crippen LogP contribution in [0.25, 0.3) is 17.0 Å². The topological polar surface area (TPSA) is 105 Å². The fraction of sp³-hybridized carbons (Fsp3) is 0.105. The monoisotopic (exact) mass is 360 g/mol. The lowest BCUT2D eigenvalue weighted by molar-refractivity contribution is 0.102. The number of carbonyl (C=O) groups excluding carboxylic acids is 1. The zero-order valence-electron chi connectivity index (χ0n) is 14.7. The first-order valence-electron chi connectivity index (χ1n) is 8.31. The number of anilines is 1. The lowest BCUT2D eigenvalue weighted by Crippen LogP contribution is -2.13. The summed E-state index contributed by atoms with van der Waals surface area (Å²) in [6, 6.07) is 10.3. The van der Waals surface area contributed by atoms with Crippen molar-refractivity contribution in [3.8, 4) is 11.4 Å². The van der Waals surface area contributed by atoms with Crippen molar-refractivity contribution >= 4 is 17.2 Å². The van der Waals surface area contributed by atoms with E-state index in [4.69, 9.17) is 0 Å². The van der Waals surface area contributed by atoms with Crippen LogP contribution in [-0.2, 0) is 0 Å². The van der Waals surface area contributed by atoms with Gasteiger partial charge in [-0.3, -0.25) is 9.59 Å². The van der Waals surface area contributed by atoms with Crippen molar-refractivity contribution in [2.24, 2.45) is 0 Å². The summed E-state index contributed by atoms with van der Waals surface area (Å²) in [5.74, 6) is 0.147. The van der Waals surface area contributed by atoms with Gasteiger partial charge in [0.2, 0.25) is 0 Å². The summed E-state index contributed by atoms with van der Waals surface area (Å²) < 4.78 is 1.57. The molecule has 0 atom stereocenters. The van der Waals surface area contributed by atoms with Crippen LogP contribution in [0.3, 0.4) is 0 Å². The molecule has 0 radical (unpaired) electrons. The van der Waals surface area contributed by atoms with Crippen LogP contribution < -0.4 is 10.9 Å². The van der Waals surface area contributed by atoms with Gasteiger partial charge in [-0.1, -0.05) is 12.1 Å². The highest BCUT2D eigenvalue weighted by Gasteiger charge is 2.18. The maximum absolute atomic E-state index is 12.8. The standard InChI is InChI=1S/C19H16N6O2/c1-11-9-15(26)23-17(21-11)13-5-3-6-14(10-13)22-19(27)16-12(2)24-25-8-4-7-20-18(16)25/h3-10H,1-2H3,(H,22,27)(H,21,23,26). The van der Waals surface area contributed by atoms with E-state index in [2.05, 4.69) is 25.4 Å². The van der Waals surface area contributed by atoms with Crippen LogP contribution in [0.15, 0.2) is 53.6 Å². The number of nitrogens with zero attached hydrogens (tertiary/aromatic N) is 4. The first-order chi connectivity index (χ1) is 13.0. The van der Waals surface area contributed by atoms with Crippen LogP contribution in [0.4, 0.5) is 5.69 Å². The van der Waals surface area contributed by atoms with Gasteiger partial charge in [0.15, 0.2) is 5.65 Å². The number of carbonyl (C=O) groups is 1. The Morgan fingerprint density at radius 1 is 1.19 bits per heavy atom. The van der Waals surface area contributed by atoms with Crippen LogP contribution in [-0.4, -0.2) is 30.5 Å². The lowest BCUT2D eigenvalue weighted by atomic mass is 10.1. The largest absolute Gasteiger partial charge is 0.322 e. The molecule has 0 bridgehead atoms. The third kappa shape index (κ3) is 3.20. The van der Waals surface area contributed by atoms with Crippen molar-refractivity contribution in [2.75, 3.05) is 5.32 Å². The van der Waals surface area contributed by atoms with E-state index in [1.807, 2.05) is 6.07 Å². The second kappa shape index (κ2) is 6.49. The second-order valence-electron chi connectivity index (χ2n) is 6.12. The van der Waals surface area contributed by atoms with Crippen LogP contribution >= 0.6 is 0 Å². The maximum atomic E-state index is 12.8. The van der Waals surface area contributed by atoms with Gasteiger partial charge in [-0.25, -0.2) is 14.5 Å². The molecule has 8 nitrogen and oxygen atoms in total. The molecule has 0 aliphatic heterocycles. The molecule has 27 heavy (non-hydrogen) atoms. The van der Waals surface area contributed by atoms with Crippen molar-refractivity contribution < 1.29 is 4.79 Å². The van der Waals surface area contributed by atoms with Gasteiger partial charge in [0.25, 0.3) is 11.5 Å². The molecule has 0 spiro atoms. The van der Waals surface area contributed by atoms with Crippen molar-refractivity contribution in [3.63, 3.8) is 0 Å². The molecule has 4 aromatic rings. The molecule has 3 heterocycles. The molecular weight excluding hydrogens is 344 g/mol. The van der Waals surface area contributed by atoms with Gasteiger partial charge in [-0.15, -0.1) is 0 Å². The van der Waals surface area contributed by atoms with E-state index in [0.29, 0.717) is 39.7 Å². The minimum absolute atomic E-state index is 0.222. The van der Waals surface area contributed by atoms with E-state index in [1.165, 1.54) is 6.07 Å². The summed E-state index contributed by atoms with van der Waals surface area (Å²) >= 11 is 0. The smallest absolute Gasteiger partial charge is 0.261 e. The normalized spacial score (nSPS) is 10.9. The molecule has 0 fully saturated rings. The van der Waals surface area contributed by atoms with Gasteiger partial charge in [-0.2, -0.15) is 5.10 Å².